The summed E-state index contributed by atoms with van der Waals surface area (Å²) in [5.41, 5.74) is 7.53. The molecule has 0 saturated heterocycles. The summed E-state index contributed by atoms with van der Waals surface area (Å²) in [4.78, 5) is 33.0. The maximum absolute atomic E-state index is 13.0. The molecular formula is C31H29ClN8O. The number of pyridine rings is 1. The minimum Gasteiger partial charge on any atom is -0.324 e. The molecule has 0 aliphatic carbocycles. The van der Waals surface area contributed by atoms with Crippen molar-refractivity contribution in [2.45, 2.75) is 32.2 Å². The summed E-state index contributed by atoms with van der Waals surface area (Å²) < 4.78 is 1.77. The average molecular weight is 565 g/mol. The molecule has 1 amide bonds. The van der Waals surface area contributed by atoms with Crippen molar-refractivity contribution < 1.29 is 4.79 Å². The molecule has 0 fully saturated rings. The quantitative estimate of drug-likeness (QED) is 0.314. The highest BCUT2D eigenvalue weighted by atomic mass is 35.5. The molecule has 206 valence electrons. The number of rotatable bonds is 3. The summed E-state index contributed by atoms with van der Waals surface area (Å²) in [6.45, 7) is 6.36. The van der Waals surface area contributed by atoms with Crippen molar-refractivity contribution in [2.75, 3.05) is 5.32 Å². The average Bonchev–Trinajstić information content (AvgIpc) is 3.34. The summed E-state index contributed by atoms with van der Waals surface area (Å²) in [6.07, 6.45) is 14.7. The van der Waals surface area contributed by atoms with E-state index in [1.165, 1.54) is 6.33 Å². The van der Waals surface area contributed by atoms with Gasteiger partial charge in [0, 0.05) is 59.0 Å². The van der Waals surface area contributed by atoms with Crippen molar-refractivity contribution >= 4 is 35.2 Å². The Balaban J connectivity index is 1.37. The third-order valence-corrected chi connectivity index (χ3v) is 7.81. The number of hydrogen-bond acceptors (Lipinski definition) is 7. The van der Waals surface area contributed by atoms with Crippen LogP contribution in [0.15, 0.2) is 84.8 Å². The second-order valence-corrected chi connectivity index (χ2v) is 10.8. The smallest absolute Gasteiger partial charge is 0.227 e. The second-order valence-electron chi connectivity index (χ2n) is 10.3. The van der Waals surface area contributed by atoms with Gasteiger partial charge in [0.05, 0.1) is 41.3 Å². The van der Waals surface area contributed by atoms with E-state index in [2.05, 4.69) is 37.9 Å². The van der Waals surface area contributed by atoms with Crippen molar-refractivity contribution in [1.82, 2.24) is 29.6 Å². The van der Waals surface area contributed by atoms with Gasteiger partial charge in [-0.3, -0.25) is 14.5 Å². The standard InChI is InChI=1S/C31H29ClN8O/c1-19-5-4-6-29(27-12-21(9-10-35-27)30-28(38-31(19)41)16-37-39(30)3)40-18-36-26(11-20(40)2)25-13-23(32)7-8-24(25)22-14-33-17-34-15-22/h7-19,29H,2,4-6H2,1,3H3,(H,38,41). The number of carbonyl (C=O) groups is 1. The van der Waals surface area contributed by atoms with E-state index < -0.39 is 0 Å². The molecule has 1 aromatic carbocycles. The predicted octanol–water partition coefficient (Wildman–Crippen LogP) is 6.29. The van der Waals surface area contributed by atoms with E-state index >= 15 is 0 Å². The molecule has 10 heteroatoms. The summed E-state index contributed by atoms with van der Waals surface area (Å²) >= 11 is 6.41. The third-order valence-electron chi connectivity index (χ3n) is 7.58. The first-order chi connectivity index (χ1) is 19.9. The van der Waals surface area contributed by atoms with Crippen LogP contribution in [0.4, 0.5) is 5.69 Å². The van der Waals surface area contributed by atoms with Crippen LogP contribution < -0.4 is 5.32 Å². The number of benzene rings is 1. The molecule has 2 atom stereocenters. The van der Waals surface area contributed by atoms with Gasteiger partial charge in [0.1, 0.15) is 6.33 Å². The molecule has 6 rings (SSSR count). The Morgan fingerprint density at radius 1 is 1.05 bits per heavy atom. The Morgan fingerprint density at radius 2 is 1.88 bits per heavy atom. The number of nitrogens with zero attached hydrogens (tertiary/aromatic N) is 7. The summed E-state index contributed by atoms with van der Waals surface area (Å²) in [7, 11) is 1.87. The Kier molecular flexibility index (Phi) is 7.19. The van der Waals surface area contributed by atoms with E-state index in [4.69, 9.17) is 21.6 Å². The fraction of sp³-hybridized carbons (Fsp3) is 0.226. The fourth-order valence-electron chi connectivity index (χ4n) is 5.40. The van der Waals surface area contributed by atoms with Gasteiger partial charge in [-0.05, 0) is 48.7 Å². The van der Waals surface area contributed by atoms with Crippen LogP contribution in [0.1, 0.15) is 43.5 Å². The largest absolute Gasteiger partial charge is 0.324 e. The van der Waals surface area contributed by atoms with Crippen molar-refractivity contribution in [3.63, 3.8) is 0 Å². The highest BCUT2D eigenvalue weighted by Crippen LogP contribution is 2.38. The lowest BCUT2D eigenvalue weighted by atomic mass is 9.95. The SMILES string of the molecule is C=C1C=C(c2cc(Cl)ccc2-c2cncnc2)N=CN1C1CCCC(C)C(=O)Nc2cnn(C)c2-c2ccnc1c2. The molecule has 2 bridgehead atoms. The minimum atomic E-state index is -0.151. The lowest BCUT2D eigenvalue weighted by Crippen LogP contribution is -2.29. The highest BCUT2D eigenvalue weighted by molar-refractivity contribution is 6.30. The molecule has 41 heavy (non-hydrogen) atoms. The summed E-state index contributed by atoms with van der Waals surface area (Å²) in [6, 6.07) is 9.57. The van der Waals surface area contributed by atoms with Gasteiger partial charge in [-0.2, -0.15) is 5.10 Å². The number of nitrogens with one attached hydrogen (secondary N) is 1. The summed E-state index contributed by atoms with van der Waals surface area (Å²) in [5, 5.41) is 8.08. The van der Waals surface area contributed by atoms with E-state index in [-0.39, 0.29) is 17.9 Å². The number of amides is 1. The second kappa shape index (κ2) is 11.1. The maximum atomic E-state index is 13.0. The monoisotopic (exact) mass is 564 g/mol. The van der Waals surface area contributed by atoms with Crippen LogP contribution in [0.3, 0.4) is 0 Å². The van der Waals surface area contributed by atoms with Gasteiger partial charge in [-0.15, -0.1) is 0 Å². The molecule has 1 N–H and O–H groups in total. The molecule has 5 heterocycles. The van der Waals surface area contributed by atoms with Crippen LogP contribution in [0.25, 0.3) is 28.1 Å². The molecular weight excluding hydrogens is 536 g/mol. The zero-order valence-corrected chi connectivity index (χ0v) is 23.6. The van der Waals surface area contributed by atoms with Gasteiger partial charge in [-0.25, -0.2) is 15.0 Å². The first-order valence-electron chi connectivity index (χ1n) is 13.5. The number of hydrogen-bond donors (Lipinski definition) is 1. The molecule has 2 aliphatic rings. The normalized spacial score (nSPS) is 19.1. The van der Waals surface area contributed by atoms with Crippen molar-refractivity contribution in [3.05, 3.63) is 96.1 Å². The topological polar surface area (TPSA) is 101 Å². The first kappa shape index (κ1) is 26.6. The number of carbonyl (C=O) groups excluding carboxylic acids is 1. The third kappa shape index (κ3) is 5.28. The molecule has 4 aromatic rings. The number of fused-ring (bicyclic) bond motifs is 4. The van der Waals surface area contributed by atoms with Gasteiger partial charge in [-0.1, -0.05) is 37.6 Å². The predicted molar refractivity (Wildman–Crippen MR) is 161 cm³/mol. The van der Waals surface area contributed by atoms with Crippen LogP contribution in [-0.4, -0.2) is 41.9 Å². The lowest BCUT2D eigenvalue weighted by Gasteiger charge is -2.33. The Bertz CT molecular complexity index is 1690. The van der Waals surface area contributed by atoms with Crippen LogP contribution in [0.5, 0.6) is 0 Å². The van der Waals surface area contributed by atoms with E-state index in [1.54, 1.807) is 29.5 Å². The molecule has 2 unspecified atom stereocenters. The van der Waals surface area contributed by atoms with Crippen LogP contribution >= 0.6 is 11.6 Å². The van der Waals surface area contributed by atoms with E-state index in [0.29, 0.717) is 10.7 Å². The first-order valence-corrected chi connectivity index (χ1v) is 13.8. The van der Waals surface area contributed by atoms with Crippen LogP contribution in [-0.2, 0) is 11.8 Å². The number of aliphatic imine (C=N–C) groups is 1. The Hall–Kier alpha value is -4.63. The number of aryl methyl sites for hydroxylation is 1. The molecule has 3 aromatic heterocycles. The molecule has 0 spiro atoms. The minimum absolute atomic E-state index is 0.0108. The van der Waals surface area contributed by atoms with Gasteiger partial charge in [0.25, 0.3) is 0 Å². The van der Waals surface area contributed by atoms with Crippen molar-refractivity contribution in [1.29, 1.82) is 0 Å². The van der Waals surface area contributed by atoms with Crippen LogP contribution in [0.2, 0.25) is 5.02 Å². The maximum Gasteiger partial charge on any atom is 0.227 e. The molecule has 2 aliphatic heterocycles. The molecule has 0 radical (unpaired) electrons. The van der Waals surface area contributed by atoms with Crippen molar-refractivity contribution in [2.24, 2.45) is 18.0 Å². The van der Waals surface area contributed by atoms with E-state index in [0.717, 1.165) is 64.3 Å². The number of aromatic nitrogens is 5. The fourth-order valence-corrected chi connectivity index (χ4v) is 5.57. The highest BCUT2D eigenvalue weighted by Gasteiger charge is 2.27. The summed E-state index contributed by atoms with van der Waals surface area (Å²) in [5.74, 6) is -0.161. The van der Waals surface area contributed by atoms with Gasteiger partial charge < -0.3 is 10.2 Å². The lowest BCUT2D eigenvalue weighted by molar-refractivity contribution is -0.119. The number of allylic oxidation sites excluding steroid dienone is 1. The molecule has 0 saturated carbocycles. The number of anilines is 1. The zero-order chi connectivity index (χ0) is 28.5. The van der Waals surface area contributed by atoms with E-state index in [1.807, 2.05) is 50.7 Å². The van der Waals surface area contributed by atoms with Gasteiger partial charge in [0.2, 0.25) is 5.91 Å². The van der Waals surface area contributed by atoms with Gasteiger partial charge >= 0.3 is 0 Å². The van der Waals surface area contributed by atoms with Crippen molar-refractivity contribution in [3.8, 4) is 22.4 Å². The molecule has 9 nitrogen and oxygen atoms in total. The van der Waals surface area contributed by atoms with Gasteiger partial charge in [0.15, 0.2) is 0 Å². The Labute approximate surface area is 243 Å². The van der Waals surface area contributed by atoms with Crippen LogP contribution in [0, 0.1) is 5.92 Å². The van der Waals surface area contributed by atoms with E-state index in [9.17, 15) is 4.79 Å². The zero-order valence-electron chi connectivity index (χ0n) is 22.8. The number of halogens is 1. The Morgan fingerprint density at radius 3 is 2.68 bits per heavy atom.